The Kier molecular flexibility index (Phi) is 3.29. The van der Waals surface area contributed by atoms with Gasteiger partial charge in [0.15, 0.2) is 0 Å². The molecule has 1 fully saturated rings. The Bertz CT molecular complexity index is 634. The first-order valence-electron chi connectivity index (χ1n) is 7.67. The summed E-state index contributed by atoms with van der Waals surface area (Å²) in [7, 11) is 0. The number of nitrogens with zero attached hydrogens (tertiary/aromatic N) is 1. The number of hydrogen-bond donors (Lipinski definition) is 1. The molecule has 1 aromatic heterocycles. The topological polar surface area (TPSA) is 38.9 Å². The van der Waals surface area contributed by atoms with Gasteiger partial charge in [0.25, 0.3) is 0 Å². The highest BCUT2D eigenvalue weighted by Crippen LogP contribution is 2.43. The van der Waals surface area contributed by atoms with Gasteiger partial charge in [-0.2, -0.15) is 0 Å². The average molecular weight is 268 g/mol. The summed E-state index contributed by atoms with van der Waals surface area (Å²) in [6, 6.07) is 10.8. The molecular weight excluding hydrogens is 244 g/mol. The van der Waals surface area contributed by atoms with Crippen LogP contribution in [0, 0.1) is 18.8 Å². The lowest BCUT2D eigenvalue weighted by Crippen LogP contribution is -2.48. The molecule has 1 aliphatic rings. The molecular formula is C18H24N2. The SMILES string of the molecule is Cc1ccc2cc(C3(N)CCCC(C)C3C)ccc2n1. The van der Waals surface area contributed by atoms with E-state index in [4.69, 9.17) is 5.73 Å². The molecule has 20 heavy (non-hydrogen) atoms. The number of pyridine rings is 1. The van der Waals surface area contributed by atoms with Gasteiger partial charge in [-0.25, -0.2) is 0 Å². The first-order chi connectivity index (χ1) is 9.50. The number of aryl methyl sites for hydroxylation is 1. The zero-order valence-electron chi connectivity index (χ0n) is 12.7. The minimum Gasteiger partial charge on any atom is -0.321 e. The summed E-state index contributed by atoms with van der Waals surface area (Å²) in [5.41, 5.74) is 10.0. The molecule has 1 aromatic carbocycles. The molecule has 1 aliphatic carbocycles. The van der Waals surface area contributed by atoms with E-state index in [2.05, 4.69) is 49.2 Å². The Balaban J connectivity index is 2.07. The number of benzene rings is 1. The molecule has 3 atom stereocenters. The van der Waals surface area contributed by atoms with Crippen molar-refractivity contribution >= 4 is 10.9 Å². The molecule has 0 amide bonds. The van der Waals surface area contributed by atoms with Crippen molar-refractivity contribution in [3.8, 4) is 0 Å². The average Bonchev–Trinajstić information content (AvgIpc) is 2.44. The third-order valence-corrected chi connectivity index (χ3v) is 5.28. The number of aromatic nitrogens is 1. The highest BCUT2D eigenvalue weighted by atomic mass is 14.8. The first-order valence-corrected chi connectivity index (χ1v) is 7.67. The van der Waals surface area contributed by atoms with Crippen molar-refractivity contribution in [2.45, 2.75) is 45.6 Å². The van der Waals surface area contributed by atoms with Crippen molar-refractivity contribution in [3.05, 3.63) is 41.6 Å². The summed E-state index contributed by atoms with van der Waals surface area (Å²) in [5, 5.41) is 1.20. The van der Waals surface area contributed by atoms with E-state index in [0.717, 1.165) is 17.6 Å². The zero-order chi connectivity index (χ0) is 14.3. The van der Waals surface area contributed by atoms with Crippen molar-refractivity contribution in [2.24, 2.45) is 17.6 Å². The van der Waals surface area contributed by atoms with Crippen LogP contribution < -0.4 is 5.73 Å². The van der Waals surface area contributed by atoms with E-state index < -0.39 is 0 Å². The Morgan fingerprint density at radius 1 is 1.20 bits per heavy atom. The van der Waals surface area contributed by atoms with Gasteiger partial charge in [0.2, 0.25) is 0 Å². The fourth-order valence-corrected chi connectivity index (χ4v) is 3.63. The van der Waals surface area contributed by atoms with Gasteiger partial charge in [0.1, 0.15) is 0 Å². The fourth-order valence-electron chi connectivity index (χ4n) is 3.63. The largest absolute Gasteiger partial charge is 0.321 e. The molecule has 2 nitrogen and oxygen atoms in total. The Morgan fingerprint density at radius 3 is 2.80 bits per heavy atom. The third-order valence-electron chi connectivity index (χ3n) is 5.28. The fraction of sp³-hybridized carbons (Fsp3) is 0.500. The van der Waals surface area contributed by atoms with Crippen LogP contribution in [0.25, 0.3) is 10.9 Å². The van der Waals surface area contributed by atoms with Gasteiger partial charge >= 0.3 is 0 Å². The number of fused-ring (bicyclic) bond motifs is 1. The van der Waals surface area contributed by atoms with Gasteiger partial charge < -0.3 is 5.73 Å². The van der Waals surface area contributed by atoms with Crippen LogP contribution in [0.4, 0.5) is 0 Å². The van der Waals surface area contributed by atoms with Crippen LogP contribution in [0.5, 0.6) is 0 Å². The summed E-state index contributed by atoms with van der Waals surface area (Å²) in [6.07, 6.45) is 3.62. The highest BCUT2D eigenvalue weighted by molar-refractivity contribution is 5.79. The van der Waals surface area contributed by atoms with E-state index in [1.807, 2.05) is 6.92 Å². The molecule has 2 aromatic rings. The Morgan fingerprint density at radius 2 is 2.00 bits per heavy atom. The second-order valence-corrected chi connectivity index (χ2v) is 6.56. The zero-order valence-corrected chi connectivity index (χ0v) is 12.7. The van der Waals surface area contributed by atoms with Crippen LogP contribution in [0.3, 0.4) is 0 Å². The summed E-state index contributed by atoms with van der Waals surface area (Å²) in [4.78, 5) is 4.58. The predicted octanol–water partition coefficient (Wildman–Crippen LogP) is 4.15. The molecule has 2 N–H and O–H groups in total. The monoisotopic (exact) mass is 268 g/mol. The molecule has 1 heterocycles. The van der Waals surface area contributed by atoms with E-state index in [0.29, 0.717) is 11.8 Å². The lowest BCUT2D eigenvalue weighted by Gasteiger charge is -2.43. The van der Waals surface area contributed by atoms with Crippen molar-refractivity contribution in [3.63, 3.8) is 0 Å². The minimum atomic E-state index is -0.184. The number of nitrogens with two attached hydrogens (primary N) is 1. The van der Waals surface area contributed by atoms with Gasteiger partial charge in [-0.1, -0.05) is 38.8 Å². The van der Waals surface area contributed by atoms with Crippen molar-refractivity contribution in [1.82, 2.24) is 4.98 Å². The highest BCUT2D eigenvalue weighted by Gasteiger charge is 2.39. The van der Waals surface area contributed by atoms with Crippen LogP contribution in [0.15, 0.2) is 30.3 Å². The summed E-state index contributed by atoms with van der Waals surface area (Å²) < 4.78 is 0. The Hall–Kier alpha value is -1.41. The summed E-state index contributed by atoms with van der Waals surface area (Å²) in [6.45, 7) is 6.67. The van der Waals surface area contributed by atoms with E-state index in [-0.39, 0.29) is 5.54 Å². The molecule has 0 spiro atoms. The van der Waals surface area contributed by atoms with Gasteiger partial charge in [-0.15, -0.1) is 0 Å². The standard InChI is InChI=1S/C18H24N2/c1-12-5-4-10-18(19,14(12)3)16-8-9-17-15(11-16)7-6-13(2)20-17/h6-9,11-12,14H,4-5,10,19H2,1-3H3. The van der Waals surface area contributed by atoms with Gasteiger partial charge in [0.05, 0.1) is 5.52 Å². The van der Waals surface area contributed by atoms with Crippen LogP contribution in [0.1, 0.15) is 44.4 Å². The summed E-state index contributed by atoms with van der Waals surface area (Å²) in [5.74, 6) is 1.22. The van der Waals surface area contributed by atoms with E-state index in [1.54, 1.807) is 0 Å². The lowest BCUT2D eigenvalue weighted by molar-refractivity contribution is 0.144. The quantitative estimate of drug-likeness (QED) is 0.843. The molecule has 3 unspecified atom stereocenters. The van der Waals surface area contributed by atoms with Crippen LogP contribution in [-0.4, -0.2) is 4.98 Å². The predicted molar refractivity (Wildman–Crippen MR) is 84.5 cm³/mol. The molecule has 2 heteroatoms. The second kappa shape index (κ2) is 4.85. The third kappa shape index (κ3) is 2.12. The molecule has 106 valence electrons. The molecule has 1 saturated carbocycles. The molecule has 3 rings (SSSR count). The van der Waals surface area contributed by atoms with Crippen LogP contribution in [0.2, 0.25) is 0 Å². The number of rotatable bonds is 1. The maximum atomic E-state index is 6.81. The molecule has 0 aliphatic heterocycles. The minimum absolute atomic E-state index is 0.184. The normalized spacial score (nSPS) is 30.6. The Labute approximate surface area is 121 Å². The molecule has 0 bridgehead atoms. The van der Waals surface area contributed by atoms with Crippen molar-refractivity contribution in [2.75, 3.05) is 0 Å². The van der Waals surface area contributed by atoms with Gasteiger partial charge in [0, 0.05) is 16.6 Å². The summed E-state index contributed by atoms with van der Waals surface area (Å²) >= 11 is 0. The maximum absolute atomic E-state index is 6.81. The molecule has 0 radical (unpaired) electrons. The van der Waals surface area contributed by atoms with Crippen LogP contribution in [-0.2, 0) is 5.54 Å². The van der Waals surface area contributed by atoms with E-state index in [1.165, 1.54) is 23.8 Å². The van der Waals surface area contributed by atoms with Crippen molar-refractivity contribution < 1.29 is 0 Å². The van der Waals surface area contributed by atoms with E-state index >= 15 is 0 Å². The van der Waals surface area contributed by atoms with Gasteiger partial charge in [-0.3, -0.25) is 4.98 Å². The van der Waals surface area contributed by atoms with E-state index in [9.17, 15) is 0 Å². The smallest absolute Gasteiger partial charge is 0.0705 e. The van der Waals surface area contributed by atoms with Crippen LogP contribution >= 0.6 is 0 Å². The lowest BCUT2D eigenvalue weighted by atomic mass is 9.66. The molecule has 0 saturated heterocycles. The number of hydrogen-bond acceptors (Lipinski definition) is 2. The maximum Gasteiger partial charge on any atom is 0.0705 e. The first kappa shape index (κ1) is 13.6. The van der Waals surface area contributed by atoms with Gasteiger partial charge in [-0.05, 0) is 48.9 Å². The van der Waals surface area contributed by atoms with Crippen molar-refractivity contribution in [1.29, 1.82) is 0 Å². The second-order valence-electron chi connectivity index (χ2n) is 6.56.